The van der Waals surface area contributed by atoms with Crippen molar-refractivity contribution in [1.29, 1.82) is 0 Å². The van der Waals surface area contributed by atoms with E-state index >= 15 is 0 Å². The summed E-state index contributed by atoms with van der Waals surface area (Å²) in [4.78, 5) is 20.2. The van der Waals surface area contributed by atoms with Gasteiger partial charge in [-0.3, -0.25) is 14.7 Å². The zero-order valence-electron chi connectivity index (χ0n) is 15.1. The first-order valence-electron chi connectivity index (χ1n) is 8.70. The van der Waals surface area contributed by atoms with Crippen molar-refractivity contribution < 1.29 is 9.53 Å². The molecule has 0 aliphatic carbocycles. The minimum atomic E-state index is -0.166. The predicted octanol–water partition coefficient (Wildman–Crippen LogP) is 4.48. The predicted molar refractivity (Wildman–Crippen MR) is 113 cm³/mol. The van der Waals surface area contributed by atoms with Gasteiger partial charge in [-0.05, 0) is 72.4 Å². The maximum absolute atomic E-state index is 13.0. The summed E-state index contributed by atoms with van der Waals surface area (Å²) in [5.74, 6) is 1.28. The molecule has 0 atom stereocenters. The fourth-order valence-corrected chi connectivity index (χ4v) is 3.18. The molecular formula is C22H17N3O2S. The lowest BCUT2D eigenvalue weighted by Gasteiger charge is -2.17. The summed E-state index contributed by atoms with van der Waals surface area (Å²) in [5, 5.41) is 0.432. The van der Waals surface area contributed by atoms with E-state index in [1.54, 1.807) is 24.3 Å². The first-order chi connectivity index (χ1) is 13.6. The normalized spacial score (nSPS) is 15.4. The lowest BCUT2D eigenvalue weighted by Crippen LogP contribution is -2.31. The van der Waals surface area contributed by atoms with Gasteiger partial charge in [-0.1, -0.05) is 18.2 Å². The Kier molecular flexibility index (Phi) is 4.87. The fraction of sp³-hybridized carbons (Fsp3) is 0.0455. The second-order valence-electron chi connectivity index (χ2n) is 6.20. The zero-order valence-corrected chi connectivity index (χ0v) is 16.0. The topological polar surface area (TPSA) is 45.7 Å². The van der Waals surface area contributed by atoms with E-state index in [-0.39, 0.29) is 5.91 Å². The van der Waals surface area contributed by atoms with Gasteiger partial charge in [0.15, 0.2) is 5.11 Å². The SMILES string of the molecule is CN1C(=S)N(c2ccc(Oc3ccccc3)cc2)C(=O)C1=Cc1ccncc1. The number of ether oxygens (including phenoxy) is 1. The van der Waals surface area contributed by atoms with Gasteiger partial charge < -0.3 is 9.64 Å². The molecule has 6 heteroatoms. The van der Waals surface area contributed by atoms with Gasteiger partial charge in [0.2, 0.25) is 0 Å². The van der Waals surface area contributed by atoms with Gasteiger partial charge in [0.1, 0.15) is 17.2 Å². The average Bonchev–Trinajstić information content (AvgIpc) is 2.94. The minimum absolute atomic E-state index is 0.166. The van der Waals surface area contributed by atoms with Crippen LogP contribution >= 0.6 is 12.2 Å². The Morgan fingerprint density at radius 2 is 1.57 bits per heavy atom. The van der Waals surface area contributed by atoms with Crippen LogP contribution in [0.25, 0.3) is 6.08 Å². The largest absolute Gasteiger partial charge is 0.457 e. The Hall–Kier alpha value is -3.51. The molecule has 0 bridgehead atoms. The highest BCUT2D eigenvalue weighted by molar-refractivity contribution is 7.80. The molecule has 0 N–H and O–H groups in total. The van der Waals surface area contributed by atoms with Crippen molar-refractivity contribution in [2.75, 3.05) is 11.9 Å². The number of para-hydroxylation sites is 1. The lowest BCUT2D eigenvalue weighted by atomic mass is 10.2. The van der Waals surface area contributed by atoms with Gasteiger partial charge in [-0.25, -0.2) is 0 Å². The standard InChI is InChI=1S/C22H17N3O2S/c1-24-20(15-16-11-13-23-14-12-16)21(26)25(22(24)28)17-7-9-19(10-8-17)27-18-5-3-2-4-6-18/h2-15H,1H3. The Morgan fingerprint density at radius 1 is 0.929 bits per heavy atom. The molecule has 0 spiro atoms. The number of carbonyl (C=O) groups is 1. The van der Waals surface area contributed by atoms with E-state index in [1.807, 2.05) is 72.8 Å². The molecule has 3 aromatic rings. The number of hydrogen-bond acceptors (Lipinski definition) is 4. The maximum atomic E-state index is 13.0. The molecule has 1 aliphatic heterocycles. The van der Waals surface area contributed by atoms with Gasteiger partial charge in [-0.15, -0.1) is 0 Å². The van der Waals surface area contributed by atoms with Crippen molar-refractivity contribution in [3.05, 3.63) is 90.4 Å². The molecule has 1 saturated heterocycles. The van der Waals surface area contributed by atoms with Crippen molar-refractivity contribution in [3.8, 4) is 11.5 Å². The molecule has 2 aromatic carbocycles. The third-order valence-corrected chi connectivity index (χ3v) is 4.80. The number of rotatable bonds is 4. The molecule has 1 aliphatic rings. The van der Waals surface area contributed by atoms with E-state index < -0.39 is 0 Å². The molecule has 2 heterocycles. The van der Waals surface area contributed by atoms with E-state index in [9.17, 15) is 4.79 Å². The number of likely N-dealkylation sites (N-methyl/N-ethyl adjacent to an activating group) is 1. The third kappa shape index (κ3) is 3.50. The van der Waals surface area contributed by atoms with Crippen LogP contribution in [0.15, 0.2) is 84.8 Å². The van der Waals surface area contributed by atoms with E-state index in [4.69, 9.17) is 17.0 Å². The summed E-state index contributed by atoms with van der Waals surface area (Å²) in [6, 6.07) is 20.5. The molecule has 0 saturated carbocycles. The van der Waals surface area contributed by atoms with Gasteiger partial charge >= 0.3 is 0 Å². The molecule has 0 unspecified atom stereocenters. The first kappa shape index (κ1) is 17.9. The molecule has 138 valence electrons. The zero-order chi connectivity index (χ0) is 19.5. The van der Waals surface area contributed by atoms with Crippen LogP contribution in [0, 0.1) is 0 Å². The Labute approximate surface area is 168 Å². The smallest absolute Gasteiger partial charge is 0.281 e. The van der Waals surface area contributed by atoms with Crippen LogP contribution < -0.4 is 9.64 Å². The highest BCUT2D eigenvalue weighted by Gasteiger charge is 2.36. The maximum Gasteiger partial charge on any atom is 0.281 e. The summed E-state index contributed by atoms with van der Waals surface area (Å²) in [5.41, 5.74) is 2.10. The molecule has 1 aromatic heterocycles. The Morgan fingerprint density at radius 3 is 2.25 bits per heavy atom. The van der Waals surface area contributed by atoms with Crippen molar-refractivity contribution in [2.45, 2.75) is 0 Å². The summed E-state index contributed by atoms with van der Waals surface area (Å²) in [6.45, 7) is 0. The number of thiocarbonyl (C=S) groups is 1. The number of nitrogens with zero attached hydrogens (tertiary/aromatic N) is 3. The van der Waals surface area contributed by atoms with Crippen molar-refractivity contribution in [3.63, 3.8) is 0 Å². The number of amides is 1. The molecule has 1 fully saturated rings. The lowest BCUT2D eigenvalue weighted by molar-refractivity contribution is -0.114. The summed E-state index contributed by atoms with van der Waals surface area (Å²) >= 11 is 5.50. The molecule has 0 radical (unpaired) electrons. The van der Waals surface area contributed by atoms with Gasteiger partial charge in [-0.2, -0.15) is 0 Å². The molecular weight excluding hydrogens is 370 g/mol. The van der Waals surface area contributed by atoms with E-state index in [0.29, 0.717) is 22.2 Å². The van der Waals surface area contributed by atoms with Crippen molar-refractivity contribution in [2.24, 2.45) is 0 Å². The second-order valence-corrected chi connectivity index (χ2v) is 6.57. The van der Waals surface area contributed by atoms with Crippen LogP contribution in [0.3, 0.4) is 0 Å². The number of carbonyl (C=O) groups excluding carboxylic acids is 1. The molecule has 4 rings (SSSR count). The number of hydrogen-bond donors (Lipinski definition) is 0. The van der Waals surface area contributed by atoms with E-state index in [0.717, 1.165) is 11.3 Å². The van der Waals surface area contributed by atoms with Crippen LogP contribution in [-0.4, -0.2) is 28.0 Å². The molecule has 28 heavy (non-hydrogen) atoms. The van der Waals surface area contributed by atoms with Gasteiger partial charge in [0.05, 0.1) is 5.69 Å². The highest BCUT2D eigenvalue weighted by atomic mass is 32.1. The quantitative estimate of drug-likeness (QED) is 0.488. The van der Waals surface area contributed by atoms with Gasteiger partial charge in [0.25, 0.3) is 5.91 Å². The highest BCUT2D eigenvalue weighted by Crippen LogP contribution is 2.30. The van der Waals surface area contributed by atoms with Crippen LogP contribution in [0.2, 0.25) is 0 Å². The number of aromatic nitrogens is 1. The molecule has 1 amide bonds. The van der Waals surface area contributed by atoms with Crippen LogP contribution in [0.1, 0.15) is 5.56 Å². The monoisotopic (exact) mass is 387 g/mol. The third-order valence-electron chi connectivity index (χ3n) is 4.35. The van der Waals surface area contributed by atoms with E-state index in [1.165, 1.54) is 4.90 Å². The molecule has 5 nitrogen and oxygen atoms in total. The van der Waals surface area contributed by atoms with Crippen LogP contribution in [0.5, 0.6) is 11.5 Å². The fourth-order valence-electron chi connectivity index (χ4n) is 2.89. The van der Waals surface area contributed by atoms with Gasteiger partial charge in [0, 0.05) is 19.4 Å². The number of benzene rings is 2. The van der Waals surface area contributed by atoms with E-state index in [2.05, 4.69) is 4.98 Å². The summed E-state index contributed by atoms with van der Waals surface area (Å²) in [6.07, 6.45) is 5.18. The first-order valence-corrected chi connectivity index (χ1v) is 9.11. The summed E-state index contributed by atoms with van der Waals surface area (Å²) in [7, 11) is 1.79. The minimum Gasteiger partial charge on any atom is -0.457 e. The average molecular weight is 387 g/mol. The number of anilines is 1. The van der Waals surface area contributed by atoms with Crippen LogP contribution in [-0.2, 0) is 4.79 Å². The Balaban J connectivity index is 1.58. The van der Waals surface area contributed by atoms with Crippen molar-refractivity contribution >= 4 is 35.0 Å². The Bertz CT molecular complexity index is 1030. The summed E-state index contributed by atoms with van der Waals surface area (Å²) < 4.78 is 5.81. The second kappa shape index (κ2) is 7.62. The van der Waals surface area contributed by atoms with Crippen LogP contribution in [0.4, 0.5) is 5.69 Å². The number of pyridine rings is 1. The van der Waals surface area contributed by atoms with Crippen molar-refractivity contribution in [1.82, 2.24) is 9.88 Å².